The van der Waals surface area contributed by atoms with Crippen LogP contribution >= 0.6 is 11.3 Å². The molecule has 98 valence electrons. The maximum absolute atomic E-state index is 4.82. The summed E-state index contributed by atoms with van der Waals surface area (Å²) in [7, 11) is 3.97. The highest BCUT2D eigenvalue weighted by molar-refractivity contribution is 7.15. The van der Waals surface area contributed by atoms with Crippen LogP contribution in [-0.2, 0) is 19.0 Å². The quantitative estimate of drug-likeness (QED) is 0.926. The molecule has 0 aromatic carbocycles. The van der Waals surface area contributed by atoms with Gasteiger partial charge in [0, 0.05) is 23.9 Å². The van der Waals surface area contributed by atoms with E-state index in [1.807, 2.05) is 31.2 Å². The van der Waals surface area contributed by atoms with E-state index in [1.54, 1.807) is 11.3 Å². The molecular formula is C13H20N4S. The van der Waals surface area contributed by atoms with Crippen LogP contribution in [0, 0.1) is 0 Å². The van der Waals surface area contributed by atoms with Crippen LogP contribution in [0.2, 0.25) is 0 Å². The van der Waals surface area contributed by atoms with Gasteiger partial charge >= 0.3 is 0 Å². The summed E-state index contributed by atoms with van der Waals surface area (Å²) in [5.74, 6) is 0. The van der Waals surface area contributed by atoms with Crippen LogP contribution in [0.5, 0.6) is 0 Å². The summed E-state index contributed by atoms with van der Waals surface area (Å²) in [5.41, 5.74) is 2.32. The van der Waals surface area contributed by atoms with Crippen LogP contribution in [0.1, 0.15) is 31.3 Å². The number of aromatic nitrogens is 3. The molecule has 0 radical (unpaired) electrons. The third-order valence-corrected chi connectivity index (χ3v) is 3.86. The number of nitrogens with one attached hydrogen (secondary N) is 1. The summed E-state index contributed by atoms with van der Waals surface area (Å²) in [4.78, 5) is 10.3. The predicted molar refractivity (Wildman–Crippen MR) is 75.8 cm³/mol. The first-order valence-electron chi connectivity index (χ1n) is 6.05. The minimum Gasteiger partial charge on any atom is -0.332 e. The molecule has 0 aliphatic rings. The third kappa shape index (κ3) is 2.47. The van der Waals surface area contributed by atoms with Gasteiger partial charge in [0.2, 0.25) is 0 Å². The summed E-state index contributed by atoms with van der Waals surface area (Å²) >= 11 is 1.75. The average Bonchev–Trinajstić information content (AvgIpc) is 2.83. The lowest BCUT2D eigenvalue weighted by atomic mass is 9.91. The summed E-state index contributed by atoms with van der Waals surface area (Å²) in [6, 6.07) is 0. The molecule has 2 heterocycles. The first-order chi connectivity index (χ1) is 8.43. The van der Waals surface area contributed by atoms with Gasteiger partial charge in [-0.15, -0.1) is 11.3 Å². The summed E-state index contributed by atoms with van der Waals surface area (Å²) in [6.07, 6.45) is 3.68. The van der Waals surface area contributed by atoms with Gasteiger partial charge in [-0.1, -0.05) is 20.8 Å². The van der Waals surface area contributed by atoms with E-state index in [1.165, 1.54) is 10.6 Å². The zero-order valence-corrected chi connectivity index (χ0v) is 12.4. The van der Waals surface area contributed by atoms with Crippen molar-refractivity contribution >= 4 is 11.3 Å². The molecule has 4 nitrogen and oxygen atoms in total. The SMILES string of the molecule is CNCc1sc(-c2cncn2C)nc1C(C)(C)C. The zero-order valence-electron chi connectivity index (χ0n) is 11.6. The van der Waals surface area contributed by atoms with Gasteiger partial charge in [0.1, 0.15) is 5.01 Å². The molecule has 0 bridgehead atoms. The molecule has 0 unspecified atom stereocenters. The molecule has 0 spiro atoms. The smallest absolute Gasteiger partial charge is 0.142 e. The minimum atomic E-state index is 0.0690. The number of rotatable bonds is 3. The number of aryl methyl sites for hydroxylation is 1. The lowest BCUT2D eigenvalue weighted by molar-refractivity contribution is 0.563. The van der Waals surface area contributed by atoms with Crippen LogP contribution in [-0.4, -0.2) is 21.6 Å². The highest BCUT2D eigenvalue weighted by atomic mass is 32.1. The second-order valence-electron chi connectivity index (χ2n) is 5.46. The lowest BCUT2D eigenvalue weighted by Gasteiger charge is -2.17. The Morgan fingerprint density at radius 2 is 2.11 bits per heavy atom. The molecular weight excluding hydrogens is 244 g/mol. The highest BCUT2D eigenvalue weighted by Crippen LogP contribution is 2.34. The fourth-order valence-corrected chi connectivity index (χ4v) is 3.23. The fourth-order valence-electron chi connectivity index (χ4n) is 1.89. The van der Waals surface area contributed by atoms with E-state index in [-0.39, 0.29) is 5.41 Å². The Balaban J connectivity index is 2.49. The summed E-state index contributed by atoms with van der Waals surface area (Å²) in [6.45, 7) is 7.47. The normalized spacial score (nSPS) is 12.1. The number of hydrogen-bond donors (Lipinski definition) is 1. The molecule has 0 fully saturated rings. The molecule has 1 N–H and O–H groups in total. The maximum Gasteiger partial charge on any atom is 0.142 e. The van der Waals surface area contributed by atoms with Crippen molar-refractivity contribution < 1.29 is 0 Å². The molecule has 0 saturated carbocycles. The molecule has 5 heteroatoms. The summed E-state index contributed by atoms with van der Waals surface area (Å²) < 4.78 is 2.01. The monoisotopic (exact) mass is 264 g/mol. The van der Waals surface area contributed by atoms with Crippen LogP contribution in [0.3, 0.4) is 0 Å². The molecule has 0 amide bonds. The van der Waals surface area contributed by atoms with Crippen LogP contribution in [0.15, 0.2) is 12.5 Å². The topological polar surface area (TPSA) is 42.7 Å². The van der Waals surface area contributed by atoms with Crippen LogP contribution in [0.25, 0.3) is 10.7 Å². The van der Waals surface area contributed by atoms with Crippen molar-refractivity contribution in [3.63, 3.8) is 0 Å². The van der Waals surface area contributed by atoms with Gasteiger partial charge in [0.05, 0.1) is 23.9 Å². The standard InChI is InChI=1S/C13H20N4S/c1-13(2,3)11-10(7-14-4)18-12(16-11)9-6-15-8-17(9)5/h6,8,14H,7H2,1-5H3. The van der Waals surface area contributed by atoms with Gasteiger partial charge in [0.15, 0.2) is 0 Å². The number of nitrogens with zero attached hydrogens (tertiary/aromatic N) is 3. The van der Waals surface area contributed by atoms with Crippen molar-refractivity contribution in [1.29, 1.82) is 0 Å². The Kier molecular flexibility index (Phi) is 3.54. The number of hydrogen-bond acceptors (Lipinski definition) is 4. The molecule has 2 aromatic heterocycles. The largest absolute Gasteiger partial charge is 0.332 e. The molecule has 0 aliphatic heterocycles. The van der Waals surface area contributed by atoms with Gasteiger partial charge < -0.3 is 9.88 Å². The Morgan fingerprint density at radius 3 is 2.61 bits per heavy atom. The van der Waals surface area contributed by atoms with E-state index in [2.05, 4.69) is 31.1 Å². The maximum atomic E-state index is 4.82. The van der Waals surface area contributed by atoms with Crippen molar-refractivity contribution in [3.05, 3.63) is 23.1 Å². The Labute approximate surface area is 112 Å². The number of imidazole rings is 1. The van der Waals surface area contributed by atoms with Gasteiger partial charge in [-0.25, -0.2) is 9.97 Å². The highest BCUT2D eigenvalue weighted by Gasteiger charge is 2.23. The van der Waals surface area contributed by atoms with Gasteiger partial charge in [0.25, 0.3) is 0 Å². The van der Waals surface area contributed by atoms with E-state index in [0.29, 0.717) is 0 Å². The lowest BCUT2D eigenvalue weighted by Crippen LogP contribution is -2.16. The van der Waals surface area contributed by atoms with E-state index < -0.39 is 0 Å². The minimum absolute atomic E-state index is 0.0690. The van der Waals surface area contributed by atoms with E-state index in [9.17, 15) is 0 Å². The van der Waals surface area contributed by atoms with Gasteiger partial charge in [-0.2, -0.15) is 0 Å². The van der Waals surface area contributed by atoms with Crippen molar-refractivity contribution in [2.45, 2.75) is 32.7 Å². The Hall–Kier alpha value is -1.20. The van der Waals surface area contributed by atoms with E-state index in [0.717, 1.165) is 17.2 Å². The van der Waals surface area contributed by atoms with Crippen molar-refractivity contribution in [2.24, 2.45) is 7.05 Å². The first-order valence-corrected chi connectivity index (χ1v) is 6.86. The summed E-state index contributed by atoms with van der Waals surface area (Å²) in [5, 5.41) is 4.26. The Morgan fingerprint density at radius 1 is 1.39 bits per heavy atom. The van der Waals surface area contributed by atoms with Gasteiger partial charge in [-0.3, -0.25) is 0 Å². The third-order valence-electron chi connectivity index (χ3n) is 2.78. The second-order valence-corrected chi connectivity index (χ2v) is 6.54. The van der Waals surface area contributed by atoms with Crippen LogP contribution in [0.4, 0.5) is 0 Å². The van der Waals surface area contributed by atoms with E-state index >= 15 is 0 Å². The predicted octanol–water partition coefficient (Wildman–Crippen LogP) is 2.56. The second kappa shape index (κ2) is 4.82. The van der Waals surface area contributed by atoms with Gasteiger partial charge in [-0.05, 0) is 7.05 Å². The molecule has 2 rings (SSSR count). The number of thiazole rings is 1. The van der Waals surface area contributed by atoms with Crippen molar-refractivity contribution in [1.82, 2.24) is 19.9 Å². The van der Waals surface area contributed by atoms with E-state index in [4.69, 9.17) is 4.98 Å². The zero-order chi connectivity index (χ0) is 13.3. The molecule has 0 saturated heterocycles. The van der Waals surface area contributed by atoms with Crippen molar-refractivity contribution in [3.8, 4) is 10.7 Å². The molecule has 0 atom stereocenters. The molecule has 0 aliphatic carbocycles. The average molecular weight is 264 g/mol. The Bertz CT molecular complexity index is 533. The molecule has 18 heavy (non-hydrogen) atoms. The first kappa shape index (κ1) is 13.2. The molecule has 2 aromatic rings. The fraction of sp³-hybridized carbons (Fsp3) is 0.538. The van der Waals surface area contributed by atoms with Crippen molar-refractivity contribution in [2.75, 3.05) is 7.05 Å². The van der Waals surface area contributed by atoms with Crippen LogP contribution < -0.4 is 5.32 Å².